The Morgan fingerprint density at radius 2 is 1.59 bits per heavy atom. The zero-order chi connectivity index (χ0) is 31.0. The number of nitrogens with zero attached hydrogens (tertiary/aromatic N) is 2. The third-order valence-corrected chi connectivity index (χ3v) is 10.7. The van der Waals surface area contributed by atoms with Crippen LogP contribution in [-0.2, 0) is 5.41 Å². The molecule has 6 aromatic rings. The molecule has 5 aromatic carbocycles. The Morgan fingerprint density at radius 1 is 0.761 bits per heavy atom. The third kappa shape index (κ3) is 4.09. The number of para-hydroxylation sites is 1. The van der Waals surface area contributed by atoms with Crippen molar-refractivity contribution >= 4 is 55.2 Å². The van der Waals surface area contributed by atoms with Crippen molar-refractivity contribution in [2.45, 2.75) is 51.5 Å². The highest BCUT2D eigenvalue weighted by atomic mass is 15.2. The minimum atomic E-state index is 0.0166. The van der Waals surface area contributed by atoms with Gasteiger partial charge in [0.05, 0.1) is 17.1 Å². The predicted molar refractivity (Wildman–Crippen MR) is 197 cm³/mol. The molecule has 2 heterocycles. The summed E-state index contributed by atoms with van der Waals surface area (Å²) in [5.74, 6) is 0. The number of aryl methyl sites for hydroxylation is 1. The molecule has 0 saturated carbocycles. The first-order valence-electron chi connectivity index (χ1n) is 16.7. The number of fused-ring (bicyclic) bond motifs is 5. The monoisotopic (exact) mass is 594 g/mol. The lowest BCUT2D eigenvalue weighted by molar-refractivity contribution is 0.585. The number of benzene rings is 5. The second-order valence-corrected chi connectivity index (χ2v) is 13.8. The van der Waals surface area contributed by atoms with Crippen LogP contribution in [0, 0.1) is 6.92 Å². The largest absolute Gasteiger partial charge is 0.334 e. The standard InChI is InChI=1S/C44H38N2/c1-29-15-21-34(22-16-29)45(35-23-19-31(20-24-35)33-18-17-30-9-4-5-10-32(30)27-33)36-25-26-41-38(28-36)37-11-8-13-40-43(37)46(41)42-14-7-6-12-39(42)44(40,2)3/h4-5,7-11,13-23,25-28,35H,6,12,24H2,1-3H3. The van der Waals surface area contributed by atoms with Crippen LogP contribution in [0.1, 0.15) is 49.8 Å². The number of rotatable bonds is 4. The number of aromatic nitrogens is 1. The van der Waals surface area contributed by atoms with Crippen LogP contribution in [0.4, 0.5) is 11.4 Å². The first-order valence-corrected chi connectivity index (χ1v) is 16.7. The molecule has 1 unspecified atom stereocenters. The van der Waals surface area contributed by atoms with Gasteiger partial charge in [0.15, 0.2) is 0 Å². The van der Waals surface area contributed by atoms with Crippen molar-refractivity contribution in [1.29, 1.82) is 0 Å². The van der Waals surface area contributed by atoms with Gasteiger partial charge in [-0.15, -0.1) is 0 Å². The molecule has 9 rings (SSSR count). The Bertz CT molecular complexity index is 2320. The lowest BCUT2D eigenvalue weighted by atomic mass is 9.71. The van der Waals surface area contributed by atoms with Crippen LogP contribution in [0.3, 0.4) is 0 Å². The Balaban J connectivity index is 1.16. The molecular weight excluding hydrogens is 556 g/mol. The number of allylic oxidation sites excluding steroid dienone is 6. The van der Waals surface area contributed by atoms with Gasteiger partial charge in [0.25, 0.3) is 0 Å². The summed E-state index contributed by atoms with van der Waals surface area (Å²) in [6.07, 6.45) is 15.0. The molecule has 0 radical (unpaired) electrons. The summed E-state index contributed by atoms with van der Waals surface area (Å²) >= 11 is 0. The topological polar surface area (TPSA) is 8.17 Å². The van der Waals surface area contributed by atoms with E-state index >= 15 is 0 Å². The summed E-state index contributed by atoms with van der Waals surface area (Å²) < 4.78 is 2.55. The fraction of sp³-hybridized carbons (Fsp3) is 0.182. The van der Waals surface area contributed by atoms with Crippen molar-refractivity contribution in [3.8, 4) is 0 Å². The lowest BCUT2D eigenvalue weighted by Crippen LogP contribution is -2.30. The van der Waals surface area contributed by atoms with E-state index in [2.05, 4.69) is 164 Å². The number of anilines is 2. The second-order valence-electron chi connectivity index (χ2n) is 13.8. The number of hydrogen-bond donors (Lipinski definition) is 0. The summed E-state index contributed by atoms with van der Waals surface area (Å²) in [7, 11) is 0. The maximum absolute atomic E-state index is 2.55. The van der Waals surface area contributed by atoms with Gasteiger partial charge in [-0.1, -0.05) is 110 Å². The first-order chi connectivity index (χ1) is 22.5. The van der Waals surface area contributed by atoms with E-state index in [9.17, 15) is 0 Å². The van der Waals surface area contributed by atoms with E-state index in [1.165, 1.54) is 71.9 Å². The van der Waals surface area contributed by atoms with E-state index in [1.54, 1.807) is 5.57 Å². The van der Waals surface area contributed by atoms with Gasteiger partial charge in [-0.25, -0.2) is 0 Å². The molecule has 0 spiro atoms. The Morgan fingerprint density at radius 3 is 2.41 bits per heavy atom. The number of hydrogen-bond acceptors (Lipinski definition) is 1. The summed E-state index contributed by atoms with van der Waals surface area (Å²) in [6, 6.07) is 38.7. The van der Waals surface area contributed by atoms with E-state index in [4.69, 9.17) is 0 Å². The van der Waals surface area contributed by atoms with E-state index in [0.29, 0.717) is 0 Å². The van der Waals surface area contributed by atoms with Crippen LogP contribution in [-0.4, -0.2) is 10.6 Å². The highest BCUT2D eigenvalue weighted by Crippen LogP contribution is 2.50. The predicted octanol–water partition coefficient (Wildman–Crippen LogP) is 11.7. The molecule has 0 saturated heterocycles. The van der Waals surface area contributed by atoms with Crippen molar-refractivity contribution in [2.24, 2.45) is 0 Å². The quantitative estimate of drug-likeness (QED) is 0.197. The van der Waals surface area contributed by atoms with E-state index in [-0.39, 0.29) is 11.5 Å². The average molecular weight is 595 g/mol. The molecule has 2 nitrogen and oxygen atoms in total. The van der Waals surface area contributed by atoms with Crippen LogP contribution in [0.15, 0.2) is 139 Å². The van der Waals surface area contributed by atoms with Gasteiger partial charge in [0, 0.05) is 33.3 Å². The Kier molecular flexibility index (Phi) is 6.05. The minimum absolute atomic E-state index is 0.0166. The van der Waals surface area contributed by atoms with Crippen LogP contribution in [0.5, 0.6) is 0 Å². The van der Waals surface area contributed by atoms with Crippen molar-refractivity contribution in [3.63, 3.8) is 0 Å². The maximum Gasteiger partial charge on any atom is 0.0581 e. The summed E-state index contributed by atoms with van der Waals surface area (Å²) in [5.41, 5.74) is 13.3. The summed E-state index contributed by atoms with van der Waals surface area (Å²) in [4.78, 5) is 2.53. The molecule has 3 aliphatic rings. The van der Waals surface area contributed by atoms with Gasteiger partial charge in [0.1, 0.15) is 0 Å². The molecule has 0 N–H and O–H groups in total. The fourth-order valence-electron chi connectivity index (χ4n) is 8.24. The molecule has 46 heavy (non-hydrogen) atoms. The van der Waals surface area contributed by atoms with Crippen LogP contribution < -0.4 is 4.90 Å². The Labute approximate surface area is 271 Å². The molecule has 0 bridgehead atoms. The molecule has 0 fully saturated rings. The molecule has 1 atom stereocenters. The van der Waals surface area contributed by atoms with E-state index < -0.39 is 0 Å². The van der Waals surface area contributed by atoms with Gasteiger partial charge in [0.2, 0.25) is 0 Å². The molecule has 2 aliphatic carbocycles. The van der Waals surface area contributed by atoms with Gasteiger partial charge in [-0.2, -0.15) is 0 Å². The average Bonchev–Trinajstić information content (AvgIpc) is 3.43. The lowest BCUT2D eigenvalue weighted by Gasteiger charge is -2.37. The highest BCUT2D eigenvalue weighted by Gasteiger charge is 2.36. The molecule has 2 heteroatoms. The zero-order valence-corrected chi connectivity index (χ0v) is 26.8. The zero-order valence-electron chi connectivity index (χ0n) is 26.8. The molecule has 1 aromatic heterocycles. The smallest absolute Gasteiger partial charge is 0.0581 e. The van der Waals surface area contributed by atoms with E-state index in [1.807, 2.05) is 0 Å². The van der Waals surface area contributed by atoms with Gasteiger partial charge in [-0.05, 0) is 102 Å². The van der Waals surface area contributed by atoms with Crippen LogP contribution in [0.2, 0.25) is 0 Å². The second kappa shape index (κ2) is 10.2. The van der Waals surface area contributed by atoms with E-state index in [0.717, 1.165) is 19.3 Å². The summed E-state index contributed by atoms with van der Waals surface area (Å²) in [6.45, 7) is 6.99. The normalized spacial score (nSPS) is 18.3. The van der Waals surface area contributed by atoms with Gasteiger partial charge >= 0.3 is 0 Å². The summed E-state index contributed by atoms with van der Waals surface area (Å²) in [5, 5.41) is 5.23. The van der Waals surface area contributed by atoms with Crippen LogP contribution >= 0.6 is 0 Å². The van der Waals surface area contributed by atoms with Crippen molar-refractivity contribution in [2.75, 3.05) is 4.90 Å². The Hall–Kier alpha value is -5.08. The fourth-order valence-corrected chi connectivity index (χ4v) is 8.24. The minimum Gasteiger partial charge on any atom is -0.334 e. The van der Waals surface area contributed by atoms with Crippen LogP contribution in [0.25, 0.3) is 43.8 Å². The highest BCUT2D eigenvalue weighted by molar-refractivity contribution is 6.14. The molecule has 1 aliphatic heterocycles. The van der Waals surface area contributed by atoms with Crippen molar-refractivity contribution in [3.05, 3.63) is 156 Å². The first kappa shape index (κ1) is 27.2. The SMILES string of the molecule is Cc1ccc(N(c2ccc3c(c2)c2cccc4c2n3C2=C(CCC=C2)C4(C)C)C2C=CC(c3ccc4ccccc4c3)=CC2)cc1. The molecule has 224 valence electrons. The maximum atomic E-state index is 2.55. The van der Waals surface area contributed by atoms with Crippen molar-refractivity contribution in [1.82, 2.24) is 4.57 Å². The van der Waals surface area contributed by atoms with Gasteiger partial charge in [-0.3, -0.25) is 0 Å². The third-order valence-electron chi connectivity index (χ3n) is 10.7. The molecule has 0 amide bonds. The molecular formula is C44H38N2. The van der Waals surface area contributed by atoms with Gasteiger partial charge < -0.3 is 9.47 Å². The van der Waals surface area contributed by atoms with Crippen molar-refractivity contribution < 1.29 is 0 Å².